The number of hydrogen-bond acceptors (Lipinski definition) is 2. The molecular weight excluding hydrogens is 150 g/mol. The second-order valence-electron chi connectivity index (χ2n) is 4.13. The number of hydrogen-bond donors (Lipinski definition) is 1. The second kappa shape index (κ2) is 3.35. The Hall–Kier alpha value is -0.0800. The molecule has 1 unspecified atom stereocenters. The lowest BCUT2D eigenvalue weighted by Crippen LogP contribution is -2.51. The van der Waals surface area contributed by atoms with Crippen LogP contribution in [0.3, 0.4) is 0 Å². The molecule has 1 atom stereocenters. The minimum absolute atomic E-state index is 0.505. The molecular formula is C10H19NO. The van der Waals surface area contributed by atoms with E-state index in [2.05, 4.69) is 12.2 Å². The molecule has 1 saturated heterocycles. The molecule has 0 bridgehead atoms. The average Bonchev–Trinajstić information content (AvgIpc) is 2.05. The van der Waals surface area contributed by atoms with Crippen molar-refractivity contribution in [1.82, 2.24) is 5.32 Å². The Labute approximate surface area is 74.7 Å². The Kier molecular flexibility index (Phi) is 2.37. The van der Waals surface area contributed by atoms with Crippen molar-refractivity contribution in [2.24, 2.45) is 5.41 Å². The molecule has 1 saturated carbocycles. The second-order valence-corrected chi connectivity index (χ2v) is 4.13. The molecule has 1 aliphatic carbocycles. The average molecular weight is 169 g/mol. The van der Waals surface area contributed by atoms with Gasteiger partial charge < -0.3 is 10.1 Å². The third-order valence-electron chi connectivity index (χ3n) is 3.66. The van der Waals surface area contributed by atoms with Gasteiger partial charge in [0.2, 0.25) is 0 Å². The van der Waals surface area contributed by atoms with Crippen LogP contribution in [-0.2, 0) is 4.74 Å². The maximum absolute atomic E-state index is 5.81. The Morgan fingerprint density at radius 2 is 2.33 bits per heavy atom. The first kappa shape index (κ1) is 8.52. The highest BCUT2D eigenvalue weighted by Gasteiger charge is 2.43. The van der Waals surface area contributed by atoms with Gasteiger partial charge in [0, 0.05) is 13.1 Å². The fourth-order valence-corrected chi connectivity index (χ4v) is 2.49. The van der Waals surface area contributed by atoms with Gasteiger partial charge in [0.25, 0.3) is 0 Å². The number of ether oxygens (including phenoxy) is 1. The predicted molar refractivity (Wildman–Crippen MR) is 49.2 cm³/mol. The maximum atomic E-state index is 5.81. The molecule has 0 spiro atoms. The molecule has 0 amide bonds. The summed E-state index contributed by atoms with van der Waals surface area (Å²) in [6, 6.07) is 0. The minimum atomic E-state index is 0.505. The Bertz CT molecular complexity index is 142. The van der Waals surface area contributed by atoms with E-state index in [0.717, 1.165) is 19.7 Å². The zero-order valence-electron chi connectivity index (χ0n) is 7.94. The molecule has 0 aromatic carbocycles. The van der Waals surface area contributed by atoms with E-state index >= 15 is 0 Å². The summed E-state index contributed by atoms with van der Waals surface area (Å²) in [5, 5.41) is 3.42. The van der Waals surface area contributed by atoms with Gasteiger partial charge in [-0.15, -0.1) is 0 Å². The Balaban J connectivity index is 1.95. The SMILES string of the molecule is CCC1(C2CNCCO2)CCC1. The summed E-state index contributed by atoms with van der Waals surface area (Å²) in [6.45, 7) is 5.33. The van der Waals surface area contributed by atoms with Crippen molar-refractivity contribution in [2.75, 3.05) is 19.7 Å². The predicted octanol–water partition coefficient (Wildman–Crippen LogP) is 1.56. The van der Waals surface area contributed by atoms with Crippen LogP contribution in [0.5, 0.6) is 0 Å². The van der Waals surface area contributed by atoms with Crippen molar-refractivity contribution in [1.29, 1.82) is 0 Å². The lowest BCUT2D eigenvalue weighted by molar-refractivity contribution is -0.0965. The summed E-state index contributed by atoms with van der Waals surface area (Å²) in [7, 11) is 0. The third kappa shape index (κ3) is 1.27. The fourth-order valence-electron chi connectivity index (χ4n) is 2.49. The molecule has 2 nitrogen and oxygen atoms in total. The summed E-state index contributed by atoms with van der Waals surface area (Å²) in [5.74, 6) is 0. The molecule has 2 heteroatoms. The highest BCUT2D eigenvalue weighted by Crippen LogP contribution is 2.47. The lowest BCUT2D eigenvalue weighted by Gasteiger charge is -2.48. The van der Waals surface area contributed by atoms with Crippen LogP contribution in [-0.4, -0.2) is 25.8 Å². The van der Waals surface area contributed by atoms with E-state index in [1.807, 2.05) is 0 Å². The van der Waals surface area contributed by atoms with Crippen molar-refractivity contribution >= 4 is 0 Å². The van der Waals surface area contributed by atoms with Crippen molar-refractivity contribution in [3.8, 4) is 0 Å². The van der Waals surface area contributed by atoms with Crippen molar-refractivity contribution in [3.63, 3.8) is 0 Å². The molecule has 0 aromatic heterocycles. The topological polar surface area (TPSA) is 21.3 Å². The summed E-state index contributed by atoms with van der Waals surface area (Å²) < 4.78 is 5.81. The summed E-state index contributed by atoms with van der Waals surface area (Å²) in [5.41, 5.74) is 0.549. The molecule has 1 aliphatic heterocycles. The van der Waals surface area contributed by atoms with Gasteiger partial charge in [0.15, 0.2) is 0 Å². The molecule has 12 heavy (non-hydrogen) atoms. The van der Waals surface area contributed by atoms with Crippen molar-refractivity contribution < 1.29 is 4.74 Å². The van der Waals surface area contributed by atoms with Crippen LogP contribution in [0.15, 0.2) is 0 Å². The van der Waals surface area contributed by atoms with Crippen LogP contribution < -0.4 is 5.32 Å². The van der Waals surface area contributed by atoms with Gasteiger partial charge in [0.05, 0.1) is 12.7 Å². The van der Waals surface area contributed by atoms with Crippen molar-refractivity contribution in [2.45, 2.75) is 38.7 Å². The van der Waals surface area contributed by atoms with Gasteiger partial charge in [-0.05, 0) is 24.7 Å². The molecule has 1 heterocycles. The van der Waals surface area contributed by atoms with Gasteiger partial charge >= 0.3 is 0 Å². The van der Waals surface area contributed by atoms with E-state index in [9.17, 15) is 0 Å². The summed E-state index contributed by atoms with van der Waals surface area (Å²) >= 11 is 0. The molecule has 2 fully saturated rings. The van der Waals surface area contributed by atoms with Gasteiger partial charge in [-0.2, -0.15) is 0 Å². The van der Waals surface area contributed by atoms with Crippen LogP contribution >= 0.6 is 0 Å². The van der Waals surface area contributed by atoms with Gasteiger partial charge in [-0.3, -0.25) is 0 Å². The van der Waals surface area contributed by atoms with E-state index in [1.165, 1.54) is 25.7 Å². The zero-order valence-corrected chi connectivity index (χ0v) is 7.94. The molecule has 2 aliphatic rings. The van der Waals surface area contributed by atoms with Crippen LogP contribution in [0, 0.1) is 5.41 Å². The first-order valence-electron chi connectivity index (χ1n) is 5.20. The van der Waals surface area contributed by atoms with Gasteiger partial charge in [0.1, 0.15) is 0 Å². The largest absolute Gasteiger partial charge is 0.375 e. The van der Waals surface area contributed by atoms with E-state index in [-0.39, 0.29) is 0 Å². The number of morpholine rings is 1. The molecule has 1 N–H and O–H groups in total. The van der Waals surface area contributed by atoms with Gasteiger partial charge in [-0.25, -0.2) is 0 Å². The number of rotatable bonds is 2. The van der Waals surface area contributed by atoms with E-state index in [0.29, 0.717) is 11.5 Å². The normalized spacial score (nSPS) is 34.2. The molecule has 0 aromatic rings. The quantitative estimate of drug-likeness (QED) is 0.677. The monoisotopic (exact) mass is 169 g/mol. The van der Waals surface area contributed by atoms with Crippen LogP contribution in [0.2, 0.25) is 0 Å². The molecule has 0 radical (unpaired) electrons. The van der Waals surface area contributed by atoms with E-state index in [4.69, 9.17) is 4.74 Å². The van der Waals surface area contributed by atoms with Gasteiger partial charge in [-0.1, -0.05) is 13.3 Å². The standard InChI is InChI=1S/C10H19NO/c1-2-10(4-3-5-10)9-8-11-6-7-12-9/h9,11H,2-8H2,1H3. The smallest absolute Gasteiger partial charge is 0.0756 e. The molecule has 2 rings (SSSR count). The first-order chi connectivity index (χ1) is 5.87. The fraction of sp³-hybridized carbons (Fsp3) is 1.00. The zero-order chi connectivity index (χ0) is 8.44. The first-order valence-corrected chi connectivity index (χ1v) is 5.20. The third-order valence-corrected chi connectivity index (χ3v) is 3.66. The summed E-state index contributed by atoms with van der Waals surface area (Å²) in [4.78, 5) is 0. The van der Waals surface area contributed by atoms with E-state index in [1.54, 1.807) is 0 Å². The minimum Gasteiger partial charge on any atom is -0.375 e. The number of nitrogens with one attached hydrogen (secondary N) is 1. The summed E-state index contributed by atoms with van der Waals surface area (Å²) in [6.07, 6.45) is 5.98. The highest BCUT2D eigenvalue weighted by atomic mass is 16.5. The van der Waals surface area contributed by atoms with Crippen LogP contribution in [0.25, 0.3) is 0 Å². The Morgan fingerprint density at radius 1 is 1.50 bits per heavy atom. The highest BCUT2D eigenvalue weighted by molar-refractivity contribution is 4.95. The Morgan fingerprint density at radius 3 is 2.75 bits per heavy atom. The van der Waals surface area contributed by atoms with Crippen LogP contribution in [0.4, 0.5) is 0 Å². The molecule has 70 valence electrons. The van der Waals surface area contributed by atoms with Crippen LogP contribution in [0.1, 0.15) is 32.6 Å². The van der Waals surface area contributed by atoms with Crippen molar-refractivity contribution in [3.05, 3.63) is 0 Å². The lowest BCUT2D eigenvalue weighted by atomic mass is 9.63. The van der Waals surface area contributed by atoms with E-state index < -0.39 is 0 Å². The maximum Gasteiger partial charge on any atom is 0.0756 e.